The molecule has 0 aliphatic heterocycles. The molecule has 7 nitrogen and oxygen atoms in total. The first-order valence-electron chi connectivity index (χ1n) is 10.1. The maximum absolute atomic E-state index is 12.4. The van der Waals surface area contributed by atoms with E-state index in [1.165, 1.54) is 12.1 Å². The first-order valence-corrected chi connectivity index (χ1v) is 10.1. The van der Waals surface area contributed by atoms with Crippen molar-refractivity contribution in [3.63, 3.8) is 0 Å². The highest BCUT2D eigenvalue weighted by atomic mass is 16.7. The van der Waals surface area contributed by atoms with Gasteiger partial charge in [-0.25, -0.2) is 4.79 Å². The molecule has 0 unspecified atom stereocenters. The molecule has 164 valence electrons. The predicted octanol–water partition coefficient (Wildman–Crippen LogP) is 4.69. The summed E-state index contributed by atoms with van der Waals surface area (Å²) in [7, 11) is 0. The number of nitrogens with one attached hydrogen (secondary N) is 2. The average molecular weight is 424 g/mol. The quantitative estimate of drug-likeness (QED) is 0.364. The van der Waals surface area contributed by atoms with Gasteiger partial charge in [0, 0.05) is 23.9 Å². The van der Waals surface area contributed by atoms with Crippen molar-refractivity contribution in [3.8, 4) is 5.75 Å². The van der Waals surface area contributed by atoms with E-state index in [0.29, 0.717) is 29.5 Å². The van der Waals surface area contributed by atoms with Crippen LogP contribution < -0.4 is 15.4 Å². The molecule has 2 aromatic carbocycles. The van der Waals surface area contributed by atoms with Gasteiger partial charge in [-0.3, -0.25) is 9.59 Å². The van der Waals surface area contributed by atoms with Crippen molar-refractivity contribution in [1.82, 2.24) is 5.32 Å². The number of benzene rings is 2. The Balaban J connectivity index is 1.88. The van der Waals surface area contributed by atoms with E-state index in [1.807, 2.05) is 32.9 Å². The topological polar surface area (TPSA) is 93.7 Å². The van der Waals surface area contributed by atoms with Crippen LogP contribution in [0.2, 0.25) is 0 Å². The number of hydrogen-bond donors (Lipinski definition) is 2. The van der Waals surface area contributed by atoms with Crippen molar-refractivity contribution < 1.29 is 23.9 Å². The molecule has 0 saturated carbocycles. The van der Waals surface area contributed by atoms with E-state index in [2.05, 4.69) is 10.6 Å². The van der Waals surface area contributed by atoms with Crippen molar-refractivity contribution in [2.24, 2.45) is 5.92 Å². The minimum atomic E-state index is -0.790. The van der Waals surface area contributed by atoms with Gasteiger partial charge in [0.15, 0.2) is 0 Å². The first kappa shape index (κ1) is 23.7. The molecule has 0 spiro atoms. The van der Waals surface area contributed by atoms with Crippen LogP contribution in [-0.4, -0.2) is 24.6 Å². The first-order chi connectivity index (χ1) is 14.8. The molecule has 0 heterocycles. The van der Waals surface area contributed by atoms with Crippen LogP contribution in [0.5, 0.6) is 5.75 Å². The van der Waals surface area contributed by atoms with E-state index >= 15 is 0 Å². The summed E-state index contributed by atoms with van der Waals surface area (Å²) in [6.07, 6.45) is 0.824. The van der Waals surface area contributed by atoms with E-state index in [9.17, 15) is 14.4 Å². The Kier molecular flexibility index (Phi) is 8.81. The number of carbonyl (C=O) groups excluding carboxylic acids is 3. The molecule has 0 saturated heterocycles. The van der Waals surface area contributed by atoms with Crippen LogP contribution in [0, 0.1) is 5.92 Å². The van der Waals surface area contributed by atoms with Gasteiger partial charge in [0.25, 0.3) is 5.91 Å². The number of hydrogen-bond acceptors (Lipinski definition) is 5. The molecule has 2 amide bonds. The zero-order valence-electron chi connectivity index (χ0n) is 18.2. The molecule has 0 bridgehead atoms. The number of allylic oxidation sites excluding steroid dienone is 1. The highest BCUT2D eigenvalue weighted by Crippen LogP contribution is 2.16. The highest BCUT2D eigenvalue weighted by Gasteiger charge is 2.09. The molecule has 0 aliphatic carbocycles. The minimum Gasteiger partial charge on any atom is -0.434 e. The second-order valence-electron chi connectivity index (χ2n) is 7.22. The van der Waals surface area contributed by atoms with Crippen molar-refractivity contribution >= 4 is 23.7 Å². The fourth-order valence-corrected chi connectivity index (χ4v) is 2.44. The largest absolute Gasteiger partial charge is 0.513 e. The van der Waals surface area contributed by atoms with Crippen LogP contribution in [0.25, 0.3) is 0 Å². The lowest BCUT2D eigenvalue weighted by atomic mass is 10.1. The number of anilines is 1. The van der Waals surface area contributed by atoms with Gasteiger partial charge < -0.3 is 20.1 Å². The Morgan fingerprint density at radius 1 is 1.00 bits per heavy atom. The molecule has 0 aromatic heterocycles. The second-order valence-corrected chi connectivity index (χ2v) is 7.22. The van der Waals surface area contributed by atoms with Gasteiger partial charge in [-0.1, -0.05) is 31.6 Å². The van der Waals surface area contributed by atoms with Crippen molar-refractivity contribution in [2.75, 3.05) is 11.9 Å². The standard InChI is InChI=1S/C24H28N2O5/c1-5-30-24(29)31-21-12-8-19(9-13-21)23(28)26-20-10-6-18(7-11-20)15-25-22(27)14-17(4)16(2)3/h6-14,16H,5,15H2,1-4H3,(H,25,27)(H,26,28)/b17-14+. The van der Waals surface area contributed by atoms with Crippen LogP contribution in [0.3, 0.4) is 0 Å². The molecule has 2 rings (SSSR count). The van der Waals surface area contributed by atoms with E-state index in [4.69, 9.17) is 9.47 Å². The average Bonchev–Trinajstić information content (AvgIpc) is 2.73. The molecule has 0 atom stereocenters. The van der Waals surface area contributed by atoms with Crippen LogP contribution >= 0.6 is 0 Å². The molecule has 2 aromatic rings. The van der Waals surface area contributed by atoms with Gasteiger partial charge in [0.2, 0.25) is 5.91 Å². The predicted molar refractivity (Wildman–Crippen MR) is 119 cm³/mol. The monoisotopic (exact) mass is 424 g/mol. The summed E-state index contributed by atoms with van der Waals surface area (Å²) in [5.41, 5.74) is 2.99. The van der Waals surface area contributed by atoms with Gasteiger partial charge in [0.1, 0.15) is 5.75 Å². The lowest BCUT2D eigenvalue weighted by molar-refractivity contribution is -0.116. The lowest BCUT2D eigenvalue weighted by Crippen LogP contribution is -2.21. The Hall–Kier alpha value is -3.61. The smallest absolute Gasteiger partial charge is 0.434 e. The zero-order valence-corrected chi connectivity index (χ0v) is 18.2. The fourth-order valence-electron chi connectivity index (χ4n) is 2.44. The maximum Gasteiger partial charge on any atom is 0.513 e. The fraction of sp³-hybridized carbons (Fsp3) is 0.292. The molecule has 31 heavy (non-hydrogen) atoms. The van der Waals surface area contributed by atoms with Gasteiger partial charge in [-0.15, -0.1) is 0 Å². The van der Waals surface area contributed by atoms with Gasteiger partial charge in [-0.2, -0.15) is 0 Å². The highest BCUT2D eigenvalue weighted by molar-refractivity contribution is 6.04. The molecule has 0 aliphatic rings. The summed E-state index contributed by atoms with van der Waals surface area (Å²) >= 11 is 0. The Labute approximate surface area is 182 Å². The molecule has 0 radical (unpaired) electrons. The summed E-state index contributed by atoms with van der Waals surface area (Å²) in [5.74, 6) is 0.201. The van der Waals surface area contributed by atoms with Crippen molar-refractivity contribution in [1.29, 1.82) is 0 Å². The summed E-state index contributed by atoms with van der Waals surface area (Å²) in [6, 6.07) is 13.4. The number of amides is 2. The Morgan fingerprint density at radius 2 is 1.65 bits per heavy atom. The van der Waals surface area contributed by atoms with Gasteiger partial charge in [-0.05, 0) is 61.7 Å². The third kappa shape index (κ3) is 7.97. The van der Waals surface area contributed by atoms with Crippen molar-refractivity contribution in [3.05, 3.63) is 71.3 Å². The van der Waals surface area contributed by atoms with E-state index < -0.39 is 6.16 Å². The van der Waals surface area contributed by atoms with Crippen LogP contribution in [0.1, 0.15) is 43.6 Å². The number of carbonyl (C=O) groups is 3. The van der Waals surface area contributed by atoms with Gasteiger partial charge >= 0.3 is 6.16 Å². The van der Waals surface area contributed by atoms with Crippen LogP contribution in [0.15, 0.2) is 60.2 Å². The van der Waals surface area contributed by atoms with Crippen LogP contribution in [0.4, 0.5) is 10.5 Å². The van der Waals surface area contributed by atoms with E-state index in [0.717, 1.165) is 11.1 Å². The zero-order chi connectivity index (χ0) is 22.8. The summed E-state index contributed by atoms with van der Waals surface area (Å²) < 4.78 is 9.67. The maximum atomic E-state index is 12.4. The van der Waals surface area contributed by atoms with E-state index in [-0.39, 0.29) is 18.4 Å². The normalized spacial score (nSPS) is 11.1. The summed E-state index contributed by atoms with van der Waals surface area (Å²) in [6.45, 7) is 8.32. The molecular formula is C24H28N2O5. The number of rotatable bonds is 8. The summed E-state index contributed by atoms with van der Waals surface area (Å²) in [5, 5.41) is 5.65. The minimum absolute atomic E-state index is 0.126. The Bertz CT molecular complexity index is 931. The number of ether oxygens (including phenoxy) is 2. The molecule has 2 N–H and O–H groups in total. The third-order valence-corrected chi connectivity index (χ3v) is 4.53. The van der Waals surface area contributed by atoms with E-state index in [1.54, 1.807) is 37.3 Å². The second kappa shape index (κ2) is 11.5. The van der Waals surface area contributed by atoms with Crippen LogP contribution in [-0.2, 0) is 16.1 Å². The molecular weight excluding hydrogens is 396 g/mol. The van der Waals surface area contributed by atoms with Crippen molar-refractivity contribution in [2.45, 2.75) is 34.2 Å². The lowest BCUT2D eigenvalue weighted by Gasteiger charge is -2.09. The third-order valence-electron chi connectivity index (χ3n) is 4.53. The SMILES string of the molecule is CCOC(=O)Oc1ccc(C(=O)Nc2ccc(CNC(=O)/C=C(\C)C(C)C)cc2)cc1. The summed E-state index contributed by atoms with van der Waals surface area (Å²) in [4.78, 5) is 35.6. The Morgan fingerprint density at radius 3 is 2.23 bits per heavy atom. The molecule has 7 heteroatoms. The van der Waals surface area contributed by atoms with Gasteiger partial charge in [0.05, 0.1) is 6.61 Å². The molecule has 0 fully saturated rings.